The number of hydroxylamine groups is 2. The summed E-state index contributed by atoms with van der Waals surface area (Å²) in [6.07, 6.45) is 0. The summed E-state index contributed by atoms with van der Waals surface area (Å²) in [5.41, 5.74) is 0. The van der Waals surface area contributed by atoms with Crippen molar-refractivity contribution < 1.29 is 14.4 Å². The highest BCUT2D eigenvalue weighted by atomic mass is 16.9. The molecular formula is C21H22NO4-. The summed E-state index contributed by atoms with van der Waals surface area (Å²) < 4.78 is 5.38. The SMILES string of the molecule is CC(C)C(=O)Oc1ccc2c(ccc3cc(ON([O-])C(C)C)ccc32)c1. The summed E-state index contributed by atoms with van der Waals surface area (Å²) >= 11 is 0. The van der Waals surface area contributed by atoms with Crippen LogP contribution in [-0.4, -0.2) is 17.2 Å². The fourth-order valence-corrected chi connectivity index (χ4v) is 2.59. The molecule has 5 nitrogen and oxygen atoms in total. The summed E-state index contributed by atoms with van der Waals surface area (Å²) in [6.45, 7) is 7.15. The number of carbonyl (C=O) groups is 1. The molecule has 0 fully saturated rings. The molecule has 0 atom stereocenters. The van der Waals surface area contributed by atoms with Gasteiger partial charge in [-0.3, -0.25) is 4.79 Å². The Balaban J connectivity index is 1.94. The van der Waals surface area contributed by atoms with Crippen LogP contribution in [0.4, 0.5) is 0 Å². The summed E-state index contributed by atoms with van der Waals surface area (Å²) in [5.74, 6) is 0.615. The summed E-state index contributed by atoms with van der Waals surface area (Å²) in [4.78, 5) is 17.1. The number of rotatable bonds is 5. The number of nitrogens with zero attached hydrogens (tertiary/aromatic N) is 1. The van der Waals surface area contributed by atoms with E-state index in [2.05, 4.69) is 0 Å². The Morgan fingerprint density at radius 3 is 1.96 bits per heavy atom. The minimum absolute atomic E-state index is 0.174. The van der Waals surface area contributed by atoms with Crippen molar-refractivity contribution in [1.82, 2.24) is 5.23 Å². The third-order valence-electron chi connectivity index (χ3n) is 4.09. The van der Waals surface area contributed by atoms with E-state index in [0.717, 1.165) is 21.5 Å². The maximum absolute atomic E-state index is 11.8. The average molecular weight is 352 g/mol. The van der Waals surface area contributed by atoms with Gasteiger partial charge in [-0.15, -0.1) is 0 Å². The van der Waals surface area contributed by atoms with Crippen LogP contribution in [0.5, 0.6) is 11.5 Å². The fourth-order valence-electron chi connectivity index (χ4n) is 2.59. The van der Waals surface area contributed by atoms with Gasteiger partial charge < -0.3 is 14.8 Å². The first-order chi connectivity index (χ1) is 12.3. The highest BCUT2D eigenvalue weighted by Crippen LogP contribution is 2.31. The monoisotopic (exact) mass is 352 g/mol. The molecule has 3 aromatic rings. The van der Waals surface area contributed by atoms with E-state index in [1.165, 1.54) is 0 Å². The lowest BCUT2D eigenvalue weighted by atomic mass is 10.0. The molecule has 0 saturated heterocycles. The molecule has 26 heavy (non-hydrogen) atoms. The molecule has 0 amide bonds. The van der Waals surface area contributed by atoms with Crippen molar-refractivity contribution in [3.8, 4) is 11.5 Å². The Hall–Kier alpha value is -2.63. The summed E-state index contributed by atoms with van der Waals surface area (Å²) in [5, 5.41) is 16.3. The van der Waals surface area contributed by atoms with E-state index in [1.54, 1.807) is 39.8 Å². The zero-order valence-corrected chi connectivity index (χ0v) is 15.4. The van der Waals surface area contributed by atoms with Crippen molar-refractivity contribution >= 4 is 27.5 Å². The van der Waals surface area contributed by atoms with Crippen LogP contribution in [0.2, 0.25) is 0 Å². The fraction of sp³-hybridized carbons (Fsp3) is 0.286. The van der Waals surface area contributed by atoms with Gasteiger partial charge in [0.15, 0.2) is 0 Å². The smallest absolute Gasteiger partial charge is 0.313 e. The van der Waals surface area contributed by atoms with Crippen LogP contribution in [0.3, 0.4) is 0 Å². The van der Waals surface area contributed by atoms with Gasteiger partial charge >= 0.3 is 5.97 Å². The minimum Gasteiger partial charge on any atom is -0.752 e. The molecule has 0 heterocycles. The minimum atomic E-state index is -0.255. The Morgan fingerprint density at radius 1 is 0.885 bits per heavy atom. The van der Waals surface area contributed by atoms with Gasteiger partial charge in [-0.1, -0.05) is 32.0 Å². The summed E-state index contributed by atoms with van der Waals surface area (Å²) in [7, 11) is 0. The van der Waals surface area contributed by atoms with Crippen LogP contribution in [0.15, 0.2) is 48.5 Å². The first-order valence-electron chi connectivity index (χ1n) is 8.67. The lowest BCUT2D eigenvalue weighted by Crippen LogP contribution is -2.27. The van der Waals surface area contributed by atoms with Gasteiger partial charge in [0.05, 0.1) is 5.92 Å². The number of ether oxygens (including phenoxy) is 1. The number of carbonyl (C=O) groups excluding carboxylic acids is 1. The molecule has 5 heteroatoms. The molecule has 0 N–H and O–H groups in total. The average Bonchev–Trinajstić information content (AvgIpc) is 2.61. The quantitative estimate of drug-likeness (QED) is 0.278. The van der Waals surface area contributed by atoms with Gasteiger partial charge in [0.25, 0.3) is 0 Å². The normalized spacial score (nSPS) is 11.7. The third-order valence-corrected chi connectivity index (χ3v) is 4.09. The molecular weight excluding hydrogens is 330 g/mol. The Bertz CT molecular complexity index is 949. The predicted octanol–water partition coefficient (Wildman–Crippen LogP) is 5.06. The molecule has 0 saturated carbocycles. The topological polar surface area (TPSA) is 61.8 Å². The molecule has 3 rings (SSSR count). The molecule has 3 aromatic carbocycles. The second-order valence-electron chi connectivity index (χ2n) is 6.88. The lowest BCUT2D eigenvalue weighted by molar-refractivity contribution is -0.137. The summed E-state index contributed by atoms with van der Waals surface area (Å²) in [6, 6.07) is 14.8. The van der Waals surface area contributed by atoms with E-state index in [0.29, 0.717) is 16.7 Å². The highest BCUT2D eigenvalue weighted by Gasteiger charge is 2.11. The van der Waals surface area contributed by atoms with Crippen LogP contribution < -0.4 is 9.57 Å². The zero-order valence-electron chi connectivity index (χ0n) is 15.4. The van der Waals surface area contributed by atoms with Crippen molar-refractivity contribution in [3.63, 3.8) is 0 Å². The lowest BCUT2D eigenvalue weighted by Gasteiger charge is -2.31. The van der Waals surface area contributed by atoms with Crippen LogP contribution in [-0.2, 0) is 4.79 Å². The Kier molecular flexibility index (Phi) is 5.11. The molecule has 136 valence electrons. The van der Waals surface area contributed by atoms with Crippen LogP contribution in [0.1, 0.15) is 27.7 Å². The van der Waals surface area contributed by atoms with Gasteiger partial charge in [-0.05, 0) is 65.7 Å². The third kappa shape index (κ3) is 3.79. The second kappa shape index (κ2) is 7.32. The standard InChI is InChI=1S/C21H22NO4/c1-13(2)21(23)25-17-7-9-19-15(11-17)5-6-16-12-18(8-10-20(16)19)26-22(24)14(3)4/h5-14H,1-4H3/q-1. The molecule has 0 spiro atoms. The number of hydrogen-bond donors (Lipinski definition) is 0. The first-order valence-corrected chi connectivity index (χ1v) is 8.67. The van der Waals surface area contributed by atoms with E-state index in [1.807, 2.05) is 36.4 Å². The molecule has 0 aliphatic heterocycles. The van der Waals surface area contributed by atoms with E-state index in [-0.39, 0.29) is 17.9 Å². The van der Waals surface area contributed by atoms with Crippen molar-refractivity contribution in [2.24, 2.45) is 5.92 Å². The molecule has 0 aromatic heterocycles. The molecule has 0 radical (unpaired) electrons. The van der Waals surface area contributed by atoms with E-state index in [4.69, 9.17) is 9.57 Å². The van der Waals surface area contributed by atoms with Crippen molar-refractivity contribution in [2.45, 2.75) is 33.7 Å². The molecule has 0 bridgehead atoms. The molecule has 0 aliphatic carbocycles. The molecule has 0 aliphatic rings. The van der Waals surface area contributed by atoms with Crippen LogP contribution in [0.25, 0.3) is 21.5 Å². The van der Waals surface area contributed by atoms with E-state index < -0.39 is 0 Å². The van der Waals surface area contributed by atoms with Crippen molar-refractivity contribution in [3.05, 3.63) is 53.7 Å². The second-order valence-corrected chi connectivity index (χ2v) is 6.88. The zero-order chi connectivity index (χ0) is 18.8. The number of fused-ring (bicyclic) bond motifs is 3. The Labute approximate surface area is 152 Å². The van der Waals surface area contributed by atoms with Crippen molar-refractivity contribution in [1.29, 1.82) is 0 Å². The first kappa shape index (κ1) is 18.2. The Morgan fingerprint density at radius 2 is 1.42 bits per heavy atom. The van der Waals surface area contributed by atoms with Crippen molar-refractivity contribution in [2.75, 3.05) is 0 Å². The van der Waals surface area contributed by atoms with Crippen LogP contribution >= 0.6 is 0 Å². The molecule has 0 unspecified atom stereocenters. The maximum Gasteiger partial charge on any atom is 0.313 e. The maximum atomic E-state index is 11.8. The van der Waals surface area contributed by atoms with Gasteiger partial charge in [-0.2, -0.15) is 0 Å². The number of hydrogen-bond acceptors (Lipinski definition) is 5. The van der Waals surface area contributed by atoms with Gasteiger partial charge in [0.2, 0.25) is 0 Å². The van der Waals surface area contributed by atoms with E-state index in [9.17, 15) is 10.0 Å². The van der Waals surface area contributed by atoms with Gasteiger partial charge in [-0.25, -0.2) is 5.23 Å². The largest absolute Gasteiger partial charge is 0.752 e. The van der Waals surface area contributed by atoms with Gasteiger partial charge in [0, 0.05) is 6.04 Å². The van der Waals surface area contributed by atoms with E-state index >= 15 is 0 Å². The number of esters is 1. The predicted molar refractivity (Wildman–Crippen MR) is 103 cm³/mol. The van der Waals surface area contributed by atoms with Crippen LogP contribution in [0, 0.1) is 11.1 Å². The highest BCUT2D eigenvalue weighted by molar-refractivity contribution is 6.08. The number of benzene rings is 3. The van der Waals surface area contributed by atoms with Gasteiger partial charge in [0.1, 0.15) is 11.5 Å².